The van der Waals surface area contributed by atoms with Crippen molar-refractivity contribution in [1.82, 2.24) is 9.91 Å². The lowest BCUT2D eigenvalue weighted by atomic mass is 10.1. The van der Waals surface area contributed by atoms with Gasteiger partial charge < -0.3 is 0 Å². The predicted molar refractivity (Wildman–Crippen MR) is 117 cm³/mol. The average molecular weight is 366 g/mol. The molecule has 1 aliphatic heterocycles. The monoisotopic (exact) mass is 365 g/mol. The quantitative estimate of drug-likeness (QED) is 0.623. The first-order chi connectivity index (χ1) is 13.2. The molecule has 1 saturated heterocycles. The van der Waals surface area contributed by atoms with Gasteiger partial charge in [0.25, 0.3) is 0 Å². The molecule has 0 radical (unpaired) electrons. The van der Waals surface area contributed by atoms with E-state index < -0.39 is 0 Å². The summed E-state index contributed by atoms with van der Waals surface area (Å²) in [5, 5.41) is 7.26. The average Bonchev–Trinajstić information content (AvgIpc) is 2.71. The number of piperidine rings is 1. The summed E-state index contributed by atoms with van der Waals surface area (Å²) in [5.41, 5.74) is 4.01. The first-order valence-electron chi connectivity index (χ1n) is 10.3. The second kappa shape index (κ2) is 11.6. The molecule has 1 fully saturated rings. The van der Waals surface area contributed by atoms with E-state index in [9.17, 15) is 0 Å². The largest absolute Gasteiger partial charge is 0.294 e. The van der Waals surface area contributed by atoms with Crippen LogP contribution in [0.15, 0.2) is 65.8 Å². The fourth-order valence-electron chi connectivity index (χ4n) is 3.27. The van der Waals surface area contributed by atoms with Gasteiger partial charge in [-0.15, -0.1) is 0 Å². The van der Waals surface area contributed by atoms with Gasteiger partial charge in [0.15, 0.2) is 0 Å². The lowest BCUT2D eigenvalue weighted by Gasteiger charge is -2.31. The highest BCUT2D eigenvalue weighted by Gasteiger charge is 2.17. The van der Waals surface area contributed by atoms with Crippen LogP contribution < -0.4 is 0 Å². The van der Waals surface area contributed by atoms with Gasteiger partial charge in [0.05, 0.1) is 12.3 Å². The lowest BCUT2D eigenvalue weighted by Crippen LogP contribution is -2.37. The number of benzene rings is 2. The van der Waals surface area contributed by atoms with E-state index in [1.54, 1.807) is 0 Å². The van der Waals surface area contributed by atoms with Crippen molar-refractivity contribution < 1.29 is 0 Å². The van der Waals surface area contributed by atoms with Gasteiger partial charge in [-0.2, -0.15) is 5.10 Å². The molecule has 3 rings (SSSR count). The van der Waals surface area contributed by atoms with Crippen LogP contribution in [0, 0.1) is 0 Å². The Hall–Kier alpha value is -2.13. The van der Waals surface area contributed by atoms with Crippen LogP contribution in [0.5, 0.6) is 0 Å². The van der Waals surface area contributed by atoms with Gasteiger partial charge in [0, 0.05) is 19.1 Å². The third-order valence-electron chi connectivity index (χ3n) is 4.65. The van der Waals surface area contributed by atoms with Crippen LogP contribution in [0.4, 0.5) is 0 Å². The predicted octanol–water partition coefficient (Wildman–Crippen LogP) is 5.58. The van der Waals surface area contributed by atoms with E-state index in [-0.39, 0.29) is 0 Å². The minimum absolute atomic E-state index is 0.400. The number of hydrazone groups is 1. The minimum Gasteiger partial charge on any atom is -0.294 e. The first kappa shape index (κ1) is 21.2. The van der Waals surface area contributed by atoms with Gasteiger partial charge >= 0.3 is 0 Å². The number of likely N-dealkylation sites (tertiary alicyclic amines) is 1. The minimum atomic E-state index is 0.400. The van der Waals surface area contributed by atoms with E-state index in [4.69, 9.17) is 5.10 Å². The highest BCUT2D eigenvalue weighted by atomic mass is 15.5. The zero-order valence-corrected chi connectivity index (χ0v) is 17.4. The zero-order chi connectivity index (χ0) is 19.5. The molecule has 0 atom stereocenters. The molecule has 0 amide bonds. The summed E-state index contributed by atoms with van der Waals surface area (Å²) in [6.07, 6.45) is 2.31. The Bertz CT molecular complexity index is 665. The maximum atomic E-state index is 5.03. The maximum absolute atomic E-state index is 5.03. The highest BCUT2D eigenvalue weighted by Crippen LogP contribution is 2.15. The molecule has 3 heteroatoms. The highest BCUT2D eigenvalue weighted by molar-refractivity contribution is 5.86. The van der Waals surface area contributed by atoms with Crippen molar-refractivity contribution >= 4 is 5.71 Å². The second-order valence-corrected chi connectivity index (χ2v) is 7.14. The van der Waals surface area contributed by atoms with Crippen molar-refractivity contribution in [2.24, 2.45) is 5.10 Å². The standard InChI is InChI=1S/C22H29N3.C2H6/c1-19(2)25(17-21-12-7-4-8-13-21)23-22-14-9-15-24(18-22)16-20-10-5-3-6-11-20;1-2/h3-8,10-13,19H,9,14-18H2,1-2H3;1-2H3/b23-22+;. The second-order valence-electron chi connectivity index (χ2n) is 7.14. The smallest absolute Gasteiger partial charge is 0.0613 e. The van der Waals surface area contributed by atoms with E-state index in [0.29, 0.717) is 6.04 Å². The van der Waals surface area contributed by atoms with E-state index in [1.807, 2.05) is 13.8 Å². The first-order valence-corrected chi connectivity index (χ1v) is 10.3. The van der Waals surface area contributed by atoms with Gasteiger partial charge in [-0.05, 0) is 44.4 Å². The molecule has 0 N–H and O–H groups in total. The topological polar surface area (TPSA) is 18.8 Å². The molecule has 2 aromatic rings. The number of hydrogen-bond donors (Lipinski definition) is 0. The summed E-state index contributed by atoms with van der Waals surface area (Å²) >= 11 is 0. The normalized spacial score (nSPS) is 16.1. The molecule has 0 unspecified atom stereocenters. The molecule has 1 aliphatic rings. The summed E-state index contributed by atoms with van der Waals surface area (Å²) in [6.45, 7) is 12.5. The Morgan fingerprint density at radius 3 is 2.11 bits per heavy atom. The Balaban J connectivity index is 0.00000126. The van der Waals surface area contributed by atoms with Gasteiger partial charge in [-0.3, -0.25) is 9.91 Å². The van der Waals surface area contributed by atoms with Gasteiger partial charge in [-0.1, -0.05) is 74.5 Å². The van der Waals surface area contributed by atoms with Crippen LogP contribution >= 0.6 is 0 Å². The van der Waals surface area contributed by atoms with Crippen LogP contribution in [0.2, 0.25) is 0 Å². The van der Waals surface area contributed by atoms with E-state index in [2.05, 4.69) is 84.4 Å². The van der Waals surface area contributed by atoms with Crippen LogP contribution in [0.1, 0.15) is 51.7 Å². The molecule has 3 nitrogen and oxygen atoms in total. The van der Waals surface area contributed by atoms with Crippen LogP contribution in [0.3, 0.4) is 0 Å². The summed E-state index contributed by atoms with van der Waals surface area (Å²) in [7, 11) is 0. The van der Waals surface area contributed by atoms with E-state index in [1.165, 1.54) is 23.3 Å². The lowest BCUT2D eigenvalue weighted by molar-refractivity contribution is 0.216. The Morgan fingerprint density at radius 1 is 0.926 bits per heavy atom. The van der Waals surface area contributed by atoms with Crippen molar-refractivity contribution in [3.8, 4) is 0 Å². The molecule has 146 valence electrons. The Morgan fingerprint density at radius 2 is 1.52 bits per heavy atom. The van der Waals surface area contributed by atoms with Crippen molar-refractivity contribution in [2.45, 2.75) is 59.7 Å². The molecule has 1 heterocycles. The summed E-state index contributed by atoms with van der Waals surface area (Å²) in [4.78, 5) is 2.51. The van der Waals surface area contributed by atoms with Crippen LogP contribution in [-0.4, -0.2) is 34.8 Å². The van der Waals surface area contributed by atoms with Crippen molar-refractivity contribution in [2.75, 3.05) is 13.1 Å². The molecule has 0 aliphatic carbocycles. The molecule has 0 aromatic heterocycles. The maximum Gasteiger partial charge on any atom is 0.0613 e. The van der Waals surface area contributed by atoms with Crippen molar-refractivity contribution in [1.29, 1.82) is 0 Å². The Kier molecular flexibility index (Phi) is 9.06. The molecular weight excluding hydrogens is 330 g/mol. The molecule has 27 heavy (non-hydrogen) atoms. The van der Waals surface area contributed by atoms with Crippen molar-refractivity contribution in [3.63, 3.8) is 0 Å². The fraction of sp³-hybridized carbons (Fsp3) is 0.458. The molecule has 0 spiro atoms. The van der Waals surface area contributed by atoms with Crippen molar-refractivity contribution in [3.05, 3.63) is 71.8 Å². The summed E-state index contributed by atoms with van der Waals surface area (Å²) in [5.74, 6) is 0. The SMILES string of the molecule is CC.CC(C)N(Cc1ccccc1)/N=C1\CCCN(Cc2ccccc2)C1. The molecule has 2 aromatic carbocycles. The Labute approximate surface area is 165 Å². The zero-order valence-electron chi connectivity index (χ0n) is 17.4. The number of hydrogen-bond acceptors (Lipinski definition) is 3. The third-order valence-corrected chi connectivity index (χ3v) is 4.65. The van der Waals surface area contributed by atoms with Gasteiger partial charge in [-0.25, -0.2) is 0 Å². The van der Waals surface area contributed by atoms with E-state index in [0.717, 1.165) is 32.6 Å². The molecule has 0 saturated carbocycles. The summed E-state index contributed by atoms with van der Waals surface area (Å²) in [6, 6.07) is 21.8. The van der Waals surface area contributed by atoms with Gasteiger partial charge in [0.1, 0.15) is 0 Å². The fourth-order valence-corrected chi connectivity index (χ4v) is 3.27. The van der Waals surface area contributed by atoms with E-state index >= 15 is 0 Å². The molecular formula is C24H35N3. The van der Waals surface area contributed by atoms with Crippen LogP contribution in [-0.2, 0) is 13.1 Å². The van der Waals surface area contributed by atoms with Gasteiger partial charge in [0.2, 0.25) is 0 Å². The number of rotatable bonds is 6. The van der Waals surface area contributed by atoms with Crippen LogP contribution in [0.25, 0.3) is 0 Å². The third kappa shape index (κ3) is 7.18. The molecule has 0 bridgehead atoms. The summed E-state index contributed by atoms with van der Waals surface area (Å²) < 4.78 is 0. The number of nitrogens with zero attached hydrogens (tertiary/aromatic N) is 3.